The molecule has 1 aliphatic rings. The summed E-state index contributed by atoms with van der Waals surface area (Å²) in [6, 6.07) is 11.7. The van der Waals surface area contributed by atoms with Crippen LogP contribution >= 0.6 is 0 Å². The molecule has 1 heteroatoms. The Kier molecular flexibility index (Phi) is 4.82. The van der Waals surface area contributed by atoms with Crippen molar-refractivity contribution >= 4 is 0 Å². The first kappa shape index (κ1) is 16.5. The van der Waals surface area contributed by atoms with Crippen molar-refractivity contribution in [2.24, 2.45) is 11.3 Å². The van der Waals surface area contributed by atoms with Gasteiger partial charge in [-0.2, -0.15) is 0 Å². The molecule has 1 aromatic carbocycles. The lowest BCUT2D eigenvalue weighted by Gasteiger charge is -2.56. The van der Waals surface area contributed by atoms with Crippen LogP contribution in [0.4, 0.5) is 0 Å². The second kappa shape index (κ2) is 6.12. The molecule has 0 aliphatic carbocycles. The van der Waals surface area contributed by atoms with Gasteiger partial charge in [-0.05, 0) is 63.5 Å². The third-order valence-electron chi connectivity index (χ3n) is 5.68. The Labute approximate surface area is 131 Å². The first-order chi connectivity index (χ1) is 9.83. The van der Waals surface area contributed by atoms with Crippen molar-refractivity contribution in [2.75, 3.05) is 6.54 Å². The smallest absolute Gasteiger partial charge is 0.0411 e. The van der Waals surface area contributed by atoms with Gasteiger partial charge in [0.1, 0.15) is 0 Å². The van der Waals surface area contributed by atoms with Crippen LogP contribution in [0.25, 0.3) is 0 Å². The molecule has 21 heavy (non-hydrogen) atoms. The average molecular weight is 287 g/mol. The summed E-state index contributed by atoms with van der Waals surface area (Å²) in [5.41, 5.74) is 2.12. The molecule has 1 aliphatic heterocycles. The maximum absolute atomic E-state index is 2.76. The van der Waals surface area contributed by atoms with Gasteiger partial charge in [0, 0.05) is 11.6 Å². The number of hydrogen-bond acceptors (Lipinski definition) is 1. The van der Waals surface area contributed by atoms with Gasteiger partial charge in [0.05, 0.1) is 0 Å². The lowest BCUT2D eigenvalue weighted by molar-refractivity contribution is -0.0687. The van der Waals surface area contributed by atoms with Crippen LogP contribution in [0.2, 0.25) is 0 Å². The first-order valence-corrected chi connectivity index (χ1v) is 8.64. The zero-order chi connectivity index (χ0) is 15.7. The van der Waals surface area contributed by atoms with E-state index in [1.54, 1.807) is 0 Å². The Bertz CT molecular complexity index is 443. The largest absolute Gasteiger partial charge is 0.291 e. The van der Waals surface area contributed by atoms with Crippen LogP contribution in [0.5, 0.6) is 0 Å². The van der Waals surface area contributed by atoms with E-state index in [0.29, 0.717) is 17.4 Å². The second-order valence-electron chi connectivity index (χ2n) is 8.02. The van der Waals surface area contributed by atoms with Gasteiger partial charge in [-0.25, -0.2) is 0 Å². The van der Waals surface area contributed by atoms with E-state index >= 15 is 0 Å². The van der Waals surface area contributed by atoms with Gasteiger partial charge in [-0.3, -0.25) is 4.90 Å². The zero-order valence-corrected chi connectivity index (χ0v) is 14.8. The molecule has 1 aromatic rings. The molecular weight excluding hydrogens is 254 g/mol. The SMILES string of the molecule is CCC1(C(C)C)CCCN(C(C)(C)C)C1c1ccccc1. The molecule has 1 heterocycles. The maximum Gasteiger partial charge on any atom is 0.0411 e. The normalized spacial score (nSPS) is 28.0. The van der Waals surface area contributed by atoms with Crippen molar-refractivity contribution in [3.8, 4) is 0 Å². The van der Waals surface area contributed by atoms with Gasteiger partial charge in [-0.1, -0.05) is 51.1 Å². The van der Waals surface area contributed by atoms with E-state index in [9.17, 15) is 0 Å². The van der Waals surface area contributed by atoms with Gasteiger partial charge >= 0.3 is 0 Å². The molecule has 2 unspecified atom stereocenters. The highest BCUT2D eigenvalue weighted by molar-refractivity contribution is 5.24. The van der Waals surface area contributed by atoms with Crippen LogP contribution in [0.15, 0.2) is 30.3 Å². The molecule has 1 saturated heterocycles. The van der Waals surface area contributed by atoms with Crippen molar-refractivity contribution in [1.82, 2.24) is 4.90 Å². The van der Waals surface area contributed by atoms with Crippen molar-refractivity contribution in [1.29, 1.82) is 0 Å². The summed E-state index contributed by atoms with van der Waals surface area (Å²) in [4.78, 5) is 2.76. The summed E-state index contributed by atoms with van der Waals surface area (Å²) in [7, 11) is 0. The summed E-state index contributed by atoms with van der Waals surface area (Å²) in [6.45, 7) is 15.6. The van der Waals surface area contributed by atoms with Gasteiger partial charge in [-0.15, -0.1) is 0 Å². The third kappa shape index (κ3) is 3.04. The number of nitrogens with zero attached hydrogens (tertiary/aromatic N) is 1. The zero-order valence-electron chi connectivity index (χ0n) is 14.8. The fourth-order valence-electron chi connectivity index (χ4n) is 4.41. The molecule has 2 atom stereocenters. The Morgan fingerprint density at radius 1 is 1.19 bits per heavy atom. The van der Waals surface area contributed by atoms with E-state index in [4.69, 9.17) is 0 Å². The fraction of sp³-hybridized carbons (Fsp3) is 0.700. The van der Waals surface area contributed by atoms with Crippen molar-refractivity contribution < 1.29 is 0 Å². The minimum absolute atomic E-state index is 0.218. The molecule has 0 spiro atoms. The van der Waals surface area contributed by atoms with Crippen LogP contribution in [-0.4, -0.2) is 17.0 Å². The van der Waals surface area contributed by atoms with Crippen molar-refractivity contribution in [2.45, 2.75) is 72.4 Å². The first-order valence-electron chi connectivity index (χ1n) is 8.64. The average Bonchev–Trinajstić information content (AvgIpc) is 2.46. The predicted molar refractivity (Wildman–Crippen MR) is 92.4 cm³/mol. The van der Waals surface area contributed by atoms with Crippen LogP contribution in [0.1, 0.15) is 72.4 Å². The van der Waals surface area contributed by atoms with E-state index in [1.807, 2.05) is 0 Å². The molecular formula is C20H33N. The lowest BCUT2D eigenvalue weighted by Crippen LogP contribution is -2.55. The summed E-state index contributed by atoms with van der Waals surface area (Å²) >= 11 is 0. The highest BCUT2D eigenvalue weighted by Gasteiger charge is 2.48. The van der Waals surface area contributed by atoms with Crippen LogP contribution in [0.3, 0.4) is 0 Å². The summed E-state index contributed by atoms with van der Waals surface area (Å²) in [6.07, 6.45) is 3.94. The Morgan fingerprint density at radius 2 is 1.81 bits per heavy atom. The molecule has 0 amide bonds. The molecule has 1 fully saturated rings. The minimum atomic E-state index is 0.218. The van der Waals surface area contributed by atoms with E-state index in [1.165, 1.54) is 31.4 Å². The van der Waals surface area contributed by atoms with Gasteiger partial charge in [0.15, 0.2) is 0 Å². The lowest BCUT2D eigenvalue weighted by atomic mass is 9.61. The fourth-order valence-corrected chi connectivity index (χ4v) is 4.41. The number of likely N-dealkylation sites (tertiary alicyclic amines) is 1. The quantitative estimate of drug-likeness (QED) is 0.692. The van der Waals surface area contributed by atoms with Crippen molar-refractivity contribution in [3.63, 3.8) is 0 Å². The molecule has 0 radical (unpaired) electrons. The van der Waals surface area contributed by atoms with E-state index < -0.39 is 0 Å². The maximum atomic E-state index is 2.76. The number of rotatable bonds is 3. The molecule has 0 aromatic heterocycles. The van der Waals surface area contributed by atoms with Gasteiger partial charge in [0.25, 0.3) is 0 Å². The molecule has 0 N–H and O–H groups in total. The van der Waals surface area contributed by atoms with E-state index in [-0.39, 0.29) is 5.54 Å². The highest BCUT2D eigenvalue weighted by atomic mass is 15.2. The summed E-state index contributed by atoms with van der Waals surface area (Å²) < 4.78 is 0. The molecule has 1 nitrogen and oxygen atoms in total. The molecule has 118 valence electrons. The van der Waals surface area contributed by atoms with Crippen LogP contribution in [0, 0.1) is 11.3 Å². The predicted octanol–water partition coefficient (Wildman–Crippen LogP) is 5.67. The van der Waals surface area contributed by atoms with Crippen LogP contribution in [-0.2, 0) is 0 Å². The van der Waals surface area contributed by atoms with Gasteiger partial charge in [0.2, 0.25) is 0 Å². The second-order valence-corrected chi connectivity index (χ2v) is 8.02. The number of hydrogen-bond donors (Lipinski definition) is 0. The topological polar surface area (TPSA) is 3.24 Å². The Hall–Kier alpha value is -0.820. The number of benzene rings is 1. The molecule has 2 rings (SSSR count). The number of piperidine rings is 1. The monoisotopic (exact) mass is 287 g/mol. The van der Waals surface area contributed by atoms with E-state index in [0.717, 1.165) is 0 Å². The standard InChI is InChI=1S/C20H33N/c1-7-20(16(2)3)14-11-15-21(19(4,5)6)18(20)17-12-9-8-10-13-17/h8-10,12-13,16,18H,7,11,14-15H2,1-6H3. The third-order valence-corrected chi connectivity index (χ3v) is 5.68. The Morgan fingerprint density at radius 3 is 2.29 bits per heavy atom. The van der Waals surface area contributed by atoms with Crippen LogP contribution < -0.4 is 0 Å². The highest BCUT2D eigenvalue weighted by Crippen LogP contribution is 2.54. The summed E-state index contributed by atoms with van der Waals surface area (Å²) in [5, 5.41) is 0. The van der Waals surface area contributed by atoms with Gasteiger partial charge < -0.3 is 0 Å². The summed E-state index contributed by atoms with van der Waals surface area (Å²) in [5.74, 6) is 0.706. The molecule has 0 saturated carbocycles. The van der Waals surface area contributed by atoms with E-state index in [2.05, 4.69) is 76.8 Å². The molecule has 0 bridgehead atoms. The minimum Gasteiger partial charge on any atom is -0.291 e. The van der Waals surface area contributed by atoms with Crippen molar-refractivity contribution in [3.05, 3.63) is 35.9 Å². The Balaban J connectivity index is 2.54.